The van der Waals surface area contributed by atoms with Crippen molar-refractivity contribution in [3.05, 3.63) is 113 Å². The molecule has 1 heterocycles. The smallest absolute Gasteiger partial charge is 0.293 e. The Bertz CT molecular complexity index is 1280. The molecule has 34 heavy (non-hydrogen) atoms. The first-order chi connectivity index (χ1) is 17.1. The third kappa shape index (κ3) is 4.70. The third-order valence-corrected chi connectivity index (χ3v) is 7.41. The molecule has 1 aliphatic heterocycles. The molecule has 0 amide bonds. The van der Waals surface area contributed by atoms with Gasteiger partial charge in [0.1, 0.15) is 35.7 Å². The van der Waals surface area contributed by atoms with Crippen molar-refractivity contribution in [1.29, 1.82) is 1.43 Å². The van der Waals surface area contributed by atoms with Gasteiger partial charge in [0.05, 0.1) is 10.1 Å². The van der Waals surface area contributed by atoms with Crippen molar-refractivity contribution in [3.8, 4) is 23.0 Å². The third-order valence-electron chi connectivity index (χ3n) is 5.94. The Balaban J connectivity index is 1.51. The number of fused-ring (bicyclic) bond motifs is 1. The lowest BCUT2D eigenvalue weighted by molar-refractivity contribution is 0.188. The van der Waals surface area contributed by atoms with Gasteiger partial charge in [-0.3, -0.25) is 0 Å². The molecule has 0 bridgehead atoms. The minimum atomic E-state index is -0.273. The highest BCUT2D eigenvalue weighted by atomic mass is 32.2. The molecule has 172 valence electrons. The van der Waals surface area contributed by atoms with E-state index < -0.39 is 0 Å². The normalized spacial score (nSPS) is 17.3. The molecule has 4 aromatic carbocycles. The van der Waals surface area contributed by atoms with E-state index in [2.05, 4.69) is 18.1 Å². The van der Waals surface area contributed by atoms with Crippen LogP contribution in [0, 0.1) is 0 Å². The molecular formula is C29H26O4S. The summed E-state index contributed by atoms with van der Waals surface area (Å²) in [4.78, 5) is 1.11. The van der Waals surface area contributed by atoms with Gasteiger partial charge in [-0.15, -0.1) is 11.8 Å². The molecule has 0 saturated heterocycles. The van der Waals surface area contributed by atoms with Gasteiger partial charge in [-0.05, 0) is 59.0 Å². The van der Waals surface area contributed by atoms with Crippen molar-refractivity contribution < 1.29 is 19.7 Å². The number of phenols is 2. The molecule has 0 aliphatic carbocycles. The first-order valence-electron chi connectivity index (χ1n) is 11.7. The van der Waals surface area contributed by atoms with E-state index >= 15 is 0 Å². The monoisotopic (exact) mass is 472 g/mol. The highest BCUT2D eigenvalue weighted by Gasteiger charge is 2.35. The lowest BCUT2D eigenvalue weighted by Crippen LogP contribution is -2.20. The van der Waals surface area contributed by atoms with Crippen molar-refractivity contribution in [2.75, 3.05) is 0 Å². The van der Waals surface area contributed by atoms with Crippen molar-refractivity contribution >= 4 is 11.8 Å². The van der Waals surface area contributed by atoms with Gasteiger partial charge in [0.2, 0.25) is 0 Å². The number of hydrogen-bond acceptors (Lipinski definition) is 5. The van der Waals surface area contributed by atoms with E-state index in [0.717, 1.165) is 39.5 Å². The zero-order chi connectivity index (χ0) is 24.2. The van der Waals surface area contributed by atoms with Crippen LogP contribution in [0.4, 0.5) is 0 Å². The Morgan fingerprint density at radius 2 is 1.62 bits per heavy atom. The van der Waals surface area contributed by atoms with Gasteiger partial charge in [-0.25, -0.2) is 0 Å². The Kier molecular flexibility index (Phi) is 6.01. The maximum atomic E-state index is 9.82. The number of rotatable bonds is 7. The number of thioether (sulfide) groups is 1. The molecule has 5 rings (SSSR count). The van der Waals surface area contributed by atoms with Gasteiger partial charge in [-0.2, -0.15) is 0 Å². The summed E-state index contributed by atoms with van der Waals surface area (Å²) in [6.45, 7) is 2.63. The van der Waals surface area contributed by atoms with Crippen LogP contribution in [-0.4, -0.2) is 11.6 Å². The molecule has 0 spiro atoms. The van der Waals surface area contributed by atoms with Gasteiger partial charge < -0.3 is 19.7 Å². The lowest BCUT2D eigenvalue weighted by Gasteiger charge is -2.35. The first-order valence-corrected chi connectivity index (χ1v) is 12.2. The Morgan fingerprint density at radius 1 is 0.912 bits per heavy atom. The van der Waals surface area contributed by atoms with Crippen LogP contribution in [0.1, 0.15) is 40.5 Å². The molecule has 2 N–H and O–H groups in total. The van der Waals surface area contributed by atoms with E-state index in [4.69, 9.17) is 10.9 Å². The quantitative estimate of drug-likeness (QED) is 0.298. The summed E-state index contributed by atoms with van der Waals surface area (Å²) in [6, 6.07) is 28.9. The SMILES string of the molecule is [3H]Oc1ccc([C@@H]2Sc3c(CC)cc(OCc4ccccc4)cc3O[C@@H]2c2ccc(O)cc2)cc1. The molecule has 5 heteroatoms. The second-order valence-electron chi connectivity index (χ2n) is 8.27. The average Bonchev–Trinajstić information content (AvgIpc) is 2.92. The zero-order valence-corrected chi connectivity index (χ0v) is 19.6. The molecule has 1 aliphatic rings. The van der Waals surface area contributed by atoms with Crippen molar-refractivity contribution in [2.45, 2.75) is 36.2 Å². The van der Waals surface area contributed by atoms with E-state index in [0.29, 0.717) is 12.4 Å². The molecule has 0 fully saturated rings. The number of ether oxygens (including phenoxy) is 2. The van der Waals surface area contributed by atoms with Crippen LogP contribution in [0.5, 0.6) is 23.0 Å². The molecule has 0 radical (unpaired) electrons. The fraction of sp³-hybridized carbons (Fsp3) is 0.172. The summed E-state index contributed by atoms with van der Waals surface area (Å²) >= 11 is 1.77. The van der Waals surface area contributed by atoms with E-state index in [1.54, 1.807) is 36.0 Å². The standard InChI is InChI=1S/C29H26O4S/c1-2-20-16-25(32-18-19-6-4-3-5-7-19)17-26-28(20)34-29(22-10-14-24(31)15-11-22)27(33-26)21-8-12-23(30)13-9-21/h3-17,27,29-31H,2,18H2,1H3/t27-,29+/m1/s1/i/hT. The number of aromatic hydroxyl groups is 2. The Morgan fingerprint density at radius 3 is 2.32 bits per heavy atom. The summed E-state index contributed by atoms with van der Waals surface area (Å²) in [6.07, 6.45) is 0.577. The first kappa shape index (κ1) is 21.0. The van der Waals surface area contributed by atoms with Crippen LogP contribution in [-0.2, 0) is 13.0 Å². The molecule has 4 aromatic rings. The van der Waals surface area contributed by atoms with Crippen molar-refractivity contribution in [1.82, 2.24) is 0 Å². The summed E-state index contributed by atoms with van der Waals surface area (Å²) in [5, 5.41) is 14.4. The summed E-state index contributed by atoms with van der Waals surface area (Å²) in [5.74, 6) is 2.30. The highest BCUT2D eigenvalue weighted by molar-refractivity contribution is 7.99. The van der Waals surface area contributed by atoms with Gasteiger partial charge in [0.15, 0.2) is 0 Å². The predicted octanol–water partition coefficient (Wildman–Crippen LogP) is 7.21. The Hall–Kier alpha value is -3.57. The van der Waals surface area contributed by atoms with Crippen LogP contribution in [0.25, 0.3) is 0 Å². The van der Waals surface area contributed by atoms with E-state index in [1.165, 1.54) is 5.56 Å². The lowest BCUT2D eigenvalue weighted by atomic mass is 9.99. The molecule has 0 saturated carbocycles. The number of aryl methyl sites for hydroxylation is 1. The molecule has 4 nitrogen and oxygen atoms in total. The number of phenolic OH excluding ortho intramolecular Hbond substituents is 2. The summed E-state index contributed by atoms with van der Waals surface area (Å²) in [5.41, 5.74) is 4.34. The van der Waals surface area contributed by atoms with E-state index in [1.807, 2.05) is 60.7 Å². The average molecular weight is 473 g/mol. The fourth-order valence-electron chi connectivity index (χ4n) is 4.13. The van der Waals surface area contributed by atoms with Crippen LogP contribution in [0.15, 0.2) is 95.9 Å². The molecule has 0 aromatic heterocycles. The molecule has 0 unspecified atom stereocenters. The minimum absolute atomic E-state index is 0.0202. The summed E-state index contributed by atoms with van der Waals surface area (Å²) in [7, 11) is 0. The Labute approximate surface area is 205 Å². The van der Waals surface area contributed by atoms with E-state index in [-0.39, 0.29) is 17.1 Å². The van der Waals surface area contributed by atoms with Crippen LogP contribution in [0.3, 0.4) is 0 Å². The van der Waals surface area contributed by atoms with Crippen LogP contribution < -0.4 is 9.47 Å². The largest absolute Gasteiger partial charge is 0.508 e. The van der Waals surface area contributed by atoms with Crippen molar-refractivity contribution in [2.24, 2.45) is 0 Å². The van der Waals surface area contributed by atoms with Gasteiger partial charge >= 0.3 is 0 Å². The minimum Gasteiger partial charge on any atom is -0.508 e. The van der Waals surface area contributed by atoms with Gasteiger partial charge in [0.25, 0.3) is 1.43 Å². The van der Waals surface area contributed by atoms with Crippen molar-refractivity contribution in [3.63, 3.8) is 0 Å². The molecule has 2 atom stereocenters. The van der Waals surface area contributed by atoms with Crippen LogP contribution >= 0.6 is 11.8 Å². The number of benzene rings is 4. The van der Waals surface area contributed by atoms with Crippen LogP contribution in [0.2, 0.25) is 0 Å². The molecular weight excluding hydrogens is 444 g/mol. The highest BCUT2D eigenvalue weighted by Crippen LogP contribution is 2.55. The maximum Gasteiger partial charge on any atom is 0.293 e. The number of hydrogen-bond donors (Lipinski definition) is 2. The topological polar surface area (TPSA) is 58.9 Å². The predicted molar refractivity (Wildman–Crippen MR) is 135 cm³/mol. The fourth-order valence-corrected chi connectivity index (χ4v) is 5.60. The maximum absolute atomic E-state index is 9.82. The second kappa shape index (κ2) is 9.74. The van der Waals surface area contributed by atoms with Gasteiger partial charge in [0, 0.05) is 6.07 Å². The zero-order valence-electron chi connectivity index (χ0n) is 19.8. The van der Waals surface area contributed by atoms with Gasteiger partial charge in [-0.1, -0.05) is 61.5 Å². The second-order valence-corrected chi connectivity index (χ2v) is 9.43. The summed E-state index contributed by atoms with van der Waals surface area (Å²) < 4.78 is 20.0. The van der Waals surface area contributed by atoms with E-state index in [9.17, 15) is 5.11 Å².